The predicted molar refractivity (Wildman–Crippen MR) is 59.0 cm³/mol. The number of rotatable bonds is 4. The molecular formula is C12H19NO. The fourth-order valence-electron chi connectivity index (χ4n) is 1.41. The van der Waals surface area contributed by atoms with E-state index in [0.29, 0.717) is 6.54 Å². The van der Waals surface area contributed by atoms with Crippen molar-refractivity contribution in [3.8, 4) is 0 Å². The van der Waals surface area contributed by atoms with E-state index < -0.39 is 6.10 Å². The Labute approximate surface area is 85.8 Å². The SMILES string of the molecule is CCc1ccc(C(O)C(C)CN)cc1. The molecule has 0 aliphatic rings. The third-order valence-electron chi connectivity index (χ3n) is 2.64. The molecule has 0 bridgehead atoms. The molecule has 0 radical (unpaired) electrons. The van der Waals surface area contributed by atoms with Crippen molar-refractivity contribution in [1.29, 1.82) is 0 Å². The average molecular weight is 193 g/mol. The van der Waals surface area contributed by atoms with E-state index in [1.165, 1.54) is 5.56 Å². The molecule has 1 aromatic rings. The molecule has 0 aliphatic carbocycles. The van der Waals surface area contributed by atoms with Crippen LogP contribution in [0.4, 0.5) is 0 Å². The van der Waals surface area contributed by atoms with E-state index in [0.717, 1.165) is 12.0 Å². The second-order valence-corrected chi connectivity index (χ2v) is 3.75. The van der Waals surface area contributed by atoms with Crippen LogP contribution in [0, 0.1) is 5.92 Å². The van der Waals surface area contributed by atoms with E-state index >= 15 is 0 Å². The van der Waals surface area contributed by atoms with Gasteiger partial charge in [0.25, 0.3) is 0 Å². The minimum Gasteiger partial charge on any atom is -0.388 e. The van der Waals surface area contributed by atoms with Gasteiger partial charge in [0, 0.05) is 0 Å². The molecule has 1 aromatic carbocycles. The second kappa shape index (κ2) is 5.13. The standard InChI is InChI=1S/C12H19NO/c1-3-10-4-6-11(7-5-10)12(14)9(2)8-13/h4-7,9,12,14H,3,8,13H2,1-2H3. The van der Waals surface area contributed by atoms with Gasteiger partial charge >= 0.3 is 0 Å². The van der Waals surface area contributed by atoms with E-state index in [1.807, 2.05) is 19.1 Å². The van der Waals surface area contributed by atoms with Crippen molar-refractivity contribution in [1.82, 2.24) is 0 Å². The van der Waals surface area contributed by atoms with Crippen molar-refractivity contribution < 1.29 is 5.11 Å². The zero-order chi connectivity index (χ0) is 10.6. The Bertz CT molecular complexity index is 268. The summed E-state index contributed by atoms with van der Waals surface area (Å²) in [5, 5.41) is 9.87. The molecule has 2 atom stereocenters. The molecule has 0 spiro atoms. The predicted octanol–water partition coefficient (Wildman–Crippen LogP) is 1.88. The first-order valence-electron chi connectivity index (χ1n) is 5.16. The van der Waals surface area contributed by atoms with E-state index in [2.05, 4.69) is 19.1 Å². The molecular weight excluding hydrogens is 174 g/mol. The van der Waals surface area contributed by atoms with Gasteiger partial charge in [-0.15, -0.1) is 0 Å². The lowest BCUT2D eigenvalue weighted by molar-refractivity contribution is 0.121. The minimum atomic E-state index is -0.439. The highest BCUT2D eigenvalue weighted by Crippen LogP contribution is 2.21. The molecule has 0 saturated carbocycles. The molecule has 2 nitrogen and oxygen atoms in total. The van der Waals surface area contributed by atoms with Crippen molar-refractivity contribution in [2.75, 3.05) is 6.54 Å². The Morgan fingerprint density at radius 3 is 2.29 bits per heavy atom. The van der Waals surface area contributed by atoms with E-state index in [1.54, 1.807) is 0 Å². The Kier molecular flexibility index (Phi) is 4.11. The van der Waals surface area contributed by atoms with Crippen molar-refractivity contribution >= 4 is 0 Å². The summed E-state index contributed by atoms with van der Waals surface area (Å²) in [4.78, 5) is 0. The molecule has 14 heavy (non-hydrogen) atoms. The van der Waals surface area contributed by atoms with Gasteiger partial charge in [0.05, 0.1) is 6.10 Å². The number of aliphatic hydroxyl groups is 1. The van der Waals surface area contributed by atoms with Gasteiger partial charge in [-0.1, -0.05) is 38.1 Å². The quantitative estimate of drug-likeness (QED) is 0.767. The maximum absolute atomic E-state index is 9.87. The van der Waals surface area contributed by atoms with Gasteiger partial charge in [-0.3, -0.25) is 0 Å². The number of hydrogen-bond acceptors (Lipinski definition) is 2. The van der Waals surface area contributed by atoms with Crippen LogP contribution in [0.1, 0.15) is 31.1 Å². The number of benzene rings is 1. The molecule has 0 saturated heterocycles. The maximum atomic E-state index is 9.87. The summed E-state index contributed by atoms with van der Waals surface area (Å²) in [5.41, 5.74) is 7.76. The van der Waals surface area contributed by atoms with Crippen LogP contribution in [0.25, 0.3) is 0 Å². The van der Waals surface area contributed by atoms with Crippen LogP contribution in [0.5, 0.6) is 0 Å². The normalized spacial score (nSPS) is 15.1. The lowest BCUT2D eigenvalue weighted by Gasteiger charge is -2.17. The van der Waals surface area contributed by atoms with Crippen LogP contribution >= 0.6 is 0 Å². The average Bonchev–Trinajstić information content (AvgIpc) is 2.27. The van der Waals surface area contributed by atoms with Gasteiger partial charge < -0.3 is 10.8 Å². The fraction of sp³-hybridized carbons (Fsp3) is 0.500. The highest BCUT2D eigenvalue weighted by Gasteiger charge is 2.14. The van der Waals surface area contributed by atoms with Crippen LogP contribution in [0.15, 0.2) is 24.3 Å². The summed E-state index contributed by atoms with van der Waals surface area (Å²) in [6, 6.07) is 8.08. The summed E-state index contributed by atoms with van der Waals surface area (Å²) >= 11 is 0. The second-order valence-electron chi connectivity index (χ2n) is 3.75. The van der Waals surface area contributed by atoms with Gasteiger partial charge in [-0.05, 0) is 30.0 Å². The Morgan fingerprint density at radius 1 is 1.29 bits per heavy atom. The van der Waals surface area contributed by atoms with Gasteiger partial charge in [-0.2, -0.15) is 0 Å². The Morgan fingerprint density at radius 2 is 1.86 bits per heavy atom. The molecule has 2 unspecified atom stereocenters. The number of nitrogens with two attached hydrogens (primary N) is 1. The van der Waals surface area contributed by atoms with Crippen LogP contribution in [0.2, 0.25) is 0 Å². The largest absolute Gasteiger partial charge is 0.388 e. The monoisotopic (exact) mass is 193 g/mol. The van der Waals surface area contributed by atoms with E-state index in [-0.39, 0.29) is 5.92 Å². The third-order valence-corrected chi connectivity index (χ3v) is 2.64. The van der Waals surface area contributed by atoms with Crippen LogP contribution < -0.4 is 5.73 Å². The summed E-state index contributed by atoms with van der Waals surface area (Å²) in [5.74, 6) is 0.113. The number of aliphatic hydroxyl groups excluding tert-OH is 1. The first-order valence-corrected chi connectivity index (χ1v) is 5.16. The van der Waals surface area contributed by atoms with Crippen molar-refractivity contribution in [3.63, 3.8) is 0 Å². The minimum absolute atomic E-state index is 0.113. The molecule has 0 aliphatic heterocycles. The summed E-state index contributed by atoms with van der Waals surface area (Å²) < 4.78 is 0. The van der Waals surface area contributed by atoms with Crippen molar-refractivity contribution in [2.24, 2.45) is 11.7 Å². The van der Waals surface area contributed by atoms with Gasteiger partial charge in [-0.25, -0.2) is 0 Å². The first-order chi connectivity index (χ1) is 6.69. The number of aryl methyl sites for hydroxylation is 1. The zero-order valence-corrected chi connectivity index (χ0v) is 8.90. The van der Waals surface area contributed by atoms with Gasteiger partial charge in [0.2, 0.25) is 0 Å². The topological polar surface area (TPSA) is 46.2 Å². The molecule has 3 N–H and O–H groups in total. The van der Waals surface area contributed by atoms with Crippen molar-refractivity contribution in [2.45, 2.75) is 26.4 Å². The lowest BCUT2D eigenvalue weighted by Crippen LogP contribution is -2.18. The van der Waals surface area contributed by atoms with Crippen LogP contribution in [0.3, 0.4) is 0 Å². The highest BCUT2D eigenvalue weighted by atomic mass is 16.3. The first kappa shape index (κ1) is 11.2. The summed E-state index contributed by atoms with van der Waals surface area (Å²) in [6.07, 6.45) is 0.592. The fourth-order valence-corrected chi connectivity index (χ4v) is 1.41. The molecule has 0 aromatic heterocycles. The lowest BCUT2D eigenvalue weighted by atomic mass is 9.96. The molecule has 0 amide bonds. The summed E-state index contributed by atoms with van der Waals surface area (Å²) in [6.45, 7) is 4.59. The number of hydrogen-bond donors (Lipinski definition) is 2. The molecule has 1 rings (SSSR count). The van der Waals surface area contributed by atoms with E-state index in [4.69, 9.17) is 5.73 Å². The summed E-state index contributed by atoms with van der Waals surface area (Å²) in [7, 11) is 0. The third kappa shape index (κ3) is 2.56. The van der Waals surface area contributed by atoms with Gasteiger partial charge in [0.1, 0.15) is 0 Å². The van der Waals surface area contributed by atoms with E-state index in [9.17, 15) is 5.11 Å². The highest BCUT2D eigenvalue weighted by molar-refractivity contribution is 5.24. The van der Waals surface area contributed by atoms with Crippen LogP contribution in [-0.4, -0.2) is 11.7 Å². The van der Waals surface area contributed by atoms with Crippen molar-refractivity contribution in [3.05, 3.63) is 35.4 Å². The molecule has 0 fully saturated rings. The van der Waals surface area contributed by atoms with Gasteiger partial charge in [0.15, 0.2) is 0 Å². The Balaban J connectivity index is 2.75. The Hall–Kier alpha value is -0.860. The maximum Gasteiger partial charge on any atom is 0.0827 e. The molecule has 2 heteroatoms. The zero-order valence-electron chi connectivity index (χ0n) is 8.90. The molecule has 0 heterocycles. The molecule has 78 valence electrons. The smallest absolute Gasteiger partial charge is 0.0827 e. The van der Waals surface area contributed by atoms with Crippen LogP contribution in [-0.2, 0) is 6.42 Å².